The van der Waals surface area contributed by atoms with Gasteiger partial charge in [0.25, 0.3) is 0 Å². The van der Waals surface area contributed by atoms with Crippen LogP contribution in [0.3, 0.4) is 0 Å². The Bertz CT molecular complexity index is 583. The van der Waals surface area contributed by atoms with Gasteiger partial charge in [0.15, 0.2) is 12.4 Å². The molecule has 0 radical (unpaired) electrons. The molecule has 1 aromatic carbocycles. The molecule has 0 fully saturated rings. The van der Waals surface area contributed by atoms with Crippen LogP contribution in [0.4, 0.5) is 0 Å². The van der Waals surface area contributed by atoms with Crippen molar-refractivity contribution < 1.29 is 14.5 Å². The van der Waals surface area contributed by atoms with E-state index in [9.17, 15) is 9.90 Å². The number of aryl methyl sites for hydroxylation is 1. The summed E-state index contributed by atoms with van der Waals surface area (Å²) in [7, 11) is 0. The zero-order valence-corrected chi connectivity index (χ0v) is 12.2. The Labute approximate surface area is 121 Å². The van der Waals surface area contributed by atoms with Crippen LogP contribution in [0.2, 0.25) is 0 Å². The minimum atomic E-state index is -0.955. The zero-order valence-electron chi connectivity index (χ0n) is 10.6. The minimum absolute atomic E-state index is 0.163. The molecule has 2 aromatic rings. The predicted octanol–water partition coefficient (Wildman–Crippen LogP) is 2.20. The fraction of sp³-hybridized carbons (Fsp3) is 0.333. The van der Waals surface area contributed by atoms with Crippen molar-refractivity contribution >= 4 is 32.7 Å². The minimum Gasteiger partial charge on any atom is -0.550 e. The number of carbonyl (C=O) groups excluding carboxylic acids is 1. The number of hydrogen-bond acceptors (Lipinski definition) is 2. The summed E-state index contributed by atoms with van der Waals surface area (Å²) >= 11 is 3.46. The monoisotopic (exact) mass is 321 g/mol. The summed E-state index contributed by atoms with van der Waals surface area (Å²) in [5.41, 5.74) is 0. The number of carboxylic acids is 1. The van der Waals surface area contributed by atoms with Crippen LogP contribution in [0.1, 0.15) is 25.7 Å². The first-order valence-corrected chi connectivity index (χ1v) is 7.23. The van der Waals surface area contributed by atoms with Gasteiger partial charge in [0.05, 0.1) is 0 Å². The molecule has 0 bridgehead atoms. The second-order valence-corrected chi connectivity index (χ2v) is 5.55. The molecule has 0 atom stereocenters. The molecular formula is C15H16BrNO2. The number of fused-ring (bicyclic) bond motifs is 1. The van der Waals surface area contributed by atoms with Crippen molar-refractivity contribution in [3.8, 4) is 0 Å². The van der Waals surface area contributed by atoms with E-state index in [1.54, 1.807) is 0 Å². The lowest BCUT2D eigenvalue weighted by Crippen LogP contribution is -2.32. The third kappa shape index (κ3) is 4.31. The van der Waals surface area contributed by atoms with Crippen molar-refractivity contribution in [2.24, 2.45) is 0 Å². The van der Waals surface area contributed by atoms with Gasteiger partial charge in [-0.2, -0.15) is 0 Å². The first-order valence-electron chi connectivity index (χ1n) is 6.43. The van der Waals surface area contributed by atoms with Crippen LogP contribution in [0.25, 0.3) is 10.8 Å². The number of nitrogens with zero attached hydrogens (tertiary/aromatic N) is 1. The molecule has 0 saturated heterocycles. The van der Waals surface area contributed by atoms with Crippen LogP contribution >= 0.6 is 15.9 Å². The van der Waals surface area contributed by atoms with Gasteiger partial charge in [0.1, 0.15) is 6.54 Å². The molecule has 2 rings (SSSR count). The quantitative estimate of drug-likeness (QED) is 0.604. The van der Waals surface area contributed by atoms with Crippen molar-refractivity contribution in [2.45, 2.75) is 32.2 Å². The summed E-state index contributed by atoms with van der Waals surface area (Å²) in [5.74, 6) is -0.955. The smallest absolute Gasteiger partial charge is 0.176 e. The molecule has 100 valence electrons. The van der Waals surface area contributed by atoms with E-state index in [1.807, 2.05) is 6.07 Å². The average molecular weight is 322 g/mol. The van der Waals surface area contributed by atoms with E-state index >= 15 is 0 Å². The highest BCUT2D eigenvalue weighted by Gasteiger charge is 2.03. The van der Waals surface area contributed by atoms with Crippen LogP contribution < -0.4 is 9.67 Å². The van der Waals surface area contributed by atoms with Crippen molar-refractivity contribution in [3.63, 3.8) is 0 Å². The molecule has 3 nitrogen and oxygen atoms in total. The van der Waals surface area contributed by atoms with E-state index in [-0.39, 0.29) is 6.42 Å². The summed E-state index contributed by atoms with van der Waals surface area (Å²) in [6, 6.07) is 8.32. The highest BCUT2D eigenvalue weighted by molar-refractivity contribution is 9.10. The SMILES string of the molecule is O=C([O-])CCCCC[n+]1ccc2cc(Br)ccc2c1. The Morgan fingerprint density at radius 3 is 2.79 bits per heavy atom. The molecule has 0 aliphatic rings. The third-order valence-electron chi connectivity index (χ3n) is 3.10. The number of carbonyl (C=O) groups is 1. The second-order valence-electron chi connectivity index (χ2n) is 4.64. The lowest BCUT2D eigenvalue weighted by atomic mass is 10.1. The van der Waals surface area contributed by atoms with Crippen LogP contribution in [-0.4, -0.2) is 5.97 Å². The highest BCUT2D eigenvalue weighted by Crippen LogP contribution is 2.17. The van der Waals surface area contributed by atoms with E-state index in [0.717, 1.165) is 23.9 Å². The molecule has 1 heterocycles. The molecule has 0 N–H and O–H groups in total. The lowest BCUT2D eigenvalue weighted by Gasteiger charge is -2.02. The molecule has 4 heteroatoms. The first-order chi connectivity index (χ1) is 9.15. The summed E-state index contributed by atoms with van der Waals surface area (Å²) in [4.78, 5) is 10.3. The van der Waals surface area contributed by atoms with E-state index in [4.69, 9.17) is 0 Å². The topological polar surface area (TPSA) is 44.0 Å². The van der Waals surface area contributed by atoms with Crippen LogP contribution in [0.5, 0.6) is 0 Å². The summed E-state index contributed by atoms with van der Waals surface area (Å²) in [6.07, 6.45) is 6.95. The number of rotatable bonds is 6. The summed E-state index contributed by atoms with van der Waals surface area (Å²) in [6.45, 7) is 0.916. The molecule has 0 aliphatic heterocycles. The van der Waals surface area contributed by atoms with E-state index in [0.29, 0.717) is 6.42 Å². The largest absolute Gasteiger partial charge is 0.550 e. The Kier molecular flexibility index (Phi) is 4.91. The van der Waals surface area contributed by atoms with Crippen LogP contribution in [0.15, 0.2) is 41.1 Å². The average Bonchev–Trinajstić information content (AvgIpc) is 2.38. The maximum Gasteiger partial charge on any atom is 0.176 e. The molecule has 0 unspecified atom stereocenters. The molecule has 19 heavy (non-hydrogen) atoms. The van der Waals surface area contributed by atoms with Crippen molar-refractivity contribution in [1.29, 1.82) is 0 Å². The number of hydrogen-bond donors (Lipinski definition) is 0. The third-order valence-corrected chi connectivity index (χ3v) is 3.59. The van der Waals surface area contributed by atoms with Crippen LogP contribution in [-0.2, 0) is 11.3 Å². The number of unbranched alkanes of at least 4 members (excludes halogenated alkanes) is 2. The van der Waals surface area contributed by atoms with Crippen molar-refractivity contribution in [1.82, 2.24) is 0 Å². The Hall–Kier alpha value is -1.42. The van der Waals surface area contributed by atoms with Gasteiger partial charge in [-0.3, -0.25) is 0 Å². The van der Waals surface area contributed by atoms with Gasteiger partial charge in [0, 0.05) is 28.3 Å². The number of halogens is 1. The fourth-order valence-electron chi connectivity index (χ4n) is 2.08. The van der Waals surface area contributed by atoms with Gasteiger partial charge in [-0.05, 0) is 42.8 Å². The van der Waals surface area contributed by atoms with E-state index in [2.05, 4.69) is 51.1 Å². The lowest BCUT2D eigenvalue weighted by molar-refractivity contribution is -0.696. The molecule has 0 aliphatic carbocycles. The van der Waals surface area contributed by atoms with Crippen molar-refractivity contribution in [3.05, 3.63) is 41.1 Å². The Morgan fingerprint density at radius 2 is 2.00 bits per heavy atom. The number of benzene rings is 1. The maximum absolute atomic E-state index is 10.3. The summed E-state index contributed by atoms with van der Waals surface area (Å²) in [5, 5.41) is 12.7. The van der Waals surface area contributed by atoms with E-state index < -0.39 is 5.97 Å². The molecular weight excluding hydrogens is 306 g/mol. The fourth-order valence-corrected chi connectivity index (χ4v) is 2.46. The van der Waals surface area contributed by atoms with Gasteiger partial charge in [-0.25, -0.2) is 4.57 Å². The normalized spacial score (nSPS) is 10.8. The number of carboxylic acid groups (broad SMARTS) is 1. The highest BCUT2D eigenvalue weighted by atomic mass is 79.9. The molecule has 0 saturated carbocycles. The maximum atomic E-state index is 10.3. The van der Waals surface area contributed by atoms with Gasteiger partial charge in [-0.1, -0.05) is 15.9 Å². The van der Waals surface area contributed by atoms with Gasteiger partial charge in [-0.15, -0.1) is 0 Å². The van der Waals surface area contributed by atoms with Gasteiger partial charge in [0.2, 0.25) is 0 Å². The standard InChI is InChI=1S/C15H16BrNO2/c16-14-6-5-13-11-17(9-7-12(13)10-14)8-3-1-2-4-15(18)19/h5-7,9-11H,1-4,8H2. The summed E-state index contributed by atoms with van der Waals surface area (Å²) < 4.78 is 3.23. The molecule has 0 amide bonds. The van der Waals surface area contributed by atoms with E-state index in [1.165, 1.54) is 10.8 Å². The number of aromatic nitrogens is 1. The zero-order chi connectivity index (χ0) is 13.7. The van der Waals surface area contributed by atoms with Gasteiger partial charge >= 0.3 is 0 Å². The Morgan fingerprint density at radius 1 is 1.16 bits per heavy atom. The molecule has 0 spiro atoms. The number of aliphatic carboxylic acids is 1. The first kappa shape index (κ1) is 14.0. The second kappa shape index (κ2) is 6.66. The van der Waals surface area contributed by atoms with Crippen molar-refractivity contribution in [2.75, 3.05) is 0 Å². The van der Waals surface area contributed by atoms with Crippen LogP contribution in [0, 0.1) is 0 Å². The predicted molar refractivity (Wildman–Crippen MR) is 75.3 cm³/mol. The number of pyridine rings is 1. The van der Waals surface area contributed by atoms with Gasteiger partial charge < -0.3 is 9.90 Å². The Balaban J connectivity index is 1.91. The molecule has 1 aromatic heterocycles.